The molecule has 3 unspecified atom stereocenters. The van der Waals surface area contributed by atoms with Crippen molar-refractivity contribution in [3.63, 3.8) is 0 Å². The van der Waals surface area contributed by atoms with Crippen molar-refractivity contribution in [3.8, 4) is 0 Å². The first-order valence-corrected chi connectivity index (χ1v) is 8.60. The number of rotatable bonds is 10. The highest BCUT2D eigenvalue weighted by atomic mass is 16.5. The summed E-state index contributed by atoms with van der Waals surface area (Å²) in [5, 5.41) is 6.86. The summed E-state index contributed by atoms with van der Waals surface area (Å²) in [6, 6.07) is 0.425. The predicted octanol–water partition coefficient (Wildman–Crippen LogP) is 1.30. The van der Waals surface area contributed by atoms with Gasteiger partial charge in [0.2, 0.25) is 0 Å². The second-order valence-electron chi connectivity index (χ2n) is 5.93. The highest BCUT2D eigenvalue weighted by molar-refractivity contribution is 5.80. The molecule has 0 aromatic heterocycles. The Balaban J connectivity index is 1.60. The lowest BCUT2D eigenvalue weighted by Gasteiger charge is -2.22. The molecule has 2 fully saturated rings. The average molecular weight is 313 g/mol. The van der Waals surface area contributed by atoms with Crippen LogP contribution in [0.2, 0.25) is 0 Å². The Hall–Kier alpha value is -0.850. The molecule has 2 N–H and O–H groups in total. The van der Waals surface area contributed by atoms with Crippen molar-refractivity contribution in [3.05, 3.63) is 0 Å². The van der Waals surface area contributed by atoms with Gasteiger partial charge in [-0.1, -0.05) is 0 Å². The zero-order valence-electron chi connectivity index (χ0n) is 14.0. The molecule has 6 nitrogen and oxygen atoms in total. The molecule has 0 radical (unpaired) electrons. The standard InChI is InChI=1S/C16H31N3O3/c1-3-17-16(18-8-4-5-9-21-11-10-20-2)19-14-12-13-6-7-15(14)22-13/h13-15H,3-12H2,1-2H3,(H2,17,18,19). The first-order valence-electron chi connectivity index (χ1n) is 8.60. The van der Waals surface area contributed by atoms with Crippen LogP contribution in [0.4, 0.5) is 0 Å². The number of unbranched alkanes of at least 4 members (excludes halogenated alkanes) is 1. The van der Waals surface area contributed by atoms with Crippen LogP contribution >= 0.6 is 0 Å². The fourth-order valence-electron chi connectivity index (χ4n) is 3.04. The van der Waals surface area contributed by atoms with E-state index < -0.39 is 0 Å². The van der Waals surface area contributed by atoms with E-state index in [1.807, 2.05) is 0 Å². The van der Waals surface area contributed by atoms with E-state index in [9.17, 15) is 0 Å². The predicted molar refractivity (Wildman–Crippen MR) is 87.3 cm³/mol. The quantitative estimate of drug-likeness (QED) is 0.362. The van der Waals surface area contributed by atoms with E-state index in [2.05, 4.69) is 22.5 Å². The Morgan fingerprint density at radius 1 is 1.23 bits per heavy atom. The highest BCUT2D eigenvalue weighted by Gasteiger charge is 2.41. The van der Waals surface area contributed by atoms with Crippen LogP contribution in [0.5, 0.6) is 0 Å². The largest absolute Gasteiger partial charge is 0.382 e. The number of hydrogen-bond acceptors (Lipinski definition) is 4. The van der Waals surface area contributed by atoms with Gasteiger partial charge in [-0.25, -0.2) is 0 Å². The van der Waals surface area contributed by atoms with Crippen LogP contribution in [0.25, 0.3) is 0 Å². The van der Waals surface area contributed by atoms with Gasteiger partial charge in [0.05, 0.1) is 31.5 Å². The summed E-state index contributed by atoms with van der Waals surface area (Å²) >= 11 is 0. The topological polar surface area (TPSA) is 64.1 Å². The molecule has 22 heavy (non-hydrogen) atoms. The smallest absolute Gasteiger partial charge is 0.191 e. The van der Waals surface area contributed by atoms with Gasteiger partial charge in [-0.3, -0.25) is 4.99 Å². The van der Waals surface area contributed by atoms with Gasteiger partial charge in [-0.2, -0.15) is 0 Å². The van der Waals surface area contributed by atoms with Gasteiger partial charge in [0, 0.05) is 26.8 Å². The Morgan fingerprint density at radius 2 is 2.14 bits per heavy atom. The molecular formula is C16H31N3O3. The Kier molecular flexibility index (Phi) is 7.98. The summed E-state index contributed by atoms with van der Waals surface area (Å²) in [5.74, 6) is 0.920. The minimum atomic E-state index is 0.378. The van der Waals surface area contributed by atoms with Gasteiger partial charge in [0.25, 0.3) is 0 Å². The van der Waals surface area contributed by atoms with Crippen molar-refractivity contribution in [2.45, 2.75) is 57.3 Å². The average Bonchev–Trinajstić information content (AvgIpc) is 3.12. The molecule has 128 valence electrons. The first-order chi connectivity index (χ1) is 10.8. The summed E-state index contributed by atoms with van der Waals surface area (Å²) in [6.45, 7) is 5.92. The van der Waals surface area contributed by atoms with Crippen LogP contribution in [-0.2, 0) is 14.2 Å². The van der Waals surface area contributed by atoms with Crippen molar-refractivity contribution in [2.24, 2.45) is 4.99 Å². The second-order valence-corrected chi connectivity index (χ2v) is 5.93. The van der Waals surface area contributed by atoms with Crippen molar-refractivity contribution in [1.82, 2.24) is 10.6 Å². The zero-order chi connectivity index (χ0) is 15.6. The number of methoxy groups -OCH3 is 1. The van der Waals surface area contributed by atoms with Gasteiger partial charge in [-0.15, -0.1) is 0 Å². The van der Waals surface area contributed by atoms with Crippen molar-refractivity contribution in [2.75, 3.05) is 40.0 Å². The summed E-state index contributed by atoms with van der Waals surface area (Å²) in [4.78, 5) is 4.65. The highest BCUT2D eigenvalue weighted by Crippen LogP contribution is 2.34. The number of nitrogens with one attached hydrogen (secondary N) is 2. The third-order valence-electron chi connectivity index (χ3n) is 4.17. The van der Waals surface area contributed by atoms with Gasteiger partial charge >= 0.3 is 0 Å². The molecule has 2 bridgehead atoms. The zero-order valence-corrected chi connectivity index (χ0v) is 14.0. The molecule has 0 aromatic rings. The van der Waals surface area contributed by atoms with Gasteiger partial charge < -0.3 is 24.8 Å². The molecule has 6 heteroatoms. The van der Waals surface area contributed by atoms with Crippen LogP contribution in [0.3, 0.4) is 0 Å². The van der Waals surface area contributed by atoms with Crippen LogP contribution in [0.1, 0.15) is 39.0 Å². The maximum Gasteiger partial charge on any atom is 0.191 e. The number of aliphatic imine (C=N–C) groups is 1. The molecular weight excluding hydrogens is 282 g/mol. The van der Waals surface area contributed by atoms with Crippen molar-refractivity contribution >= 4 is 5.96 Å². The monoisotopic (exact) mass is 313 g/mol. The van der Waals surface area contributed by atoms with Gasteiger partial charge in [0.1, 0.15) is 0 Å². The Bertz CT molecular complexity index is 339. The summed E-state index contributed by atoms with van der Waals surface area (Å²) < 4.78 is 16.3. The van der Waals surface area contributed by atoms with Crippen LogP contribution in [0, 0.1) is 0 Å². The molecule has 0 aromatic carbocycles. The maximum absolute atomic E-state index is 5.88. The summed E-state index contributed by atoms with van der Waals surface area (Å²) in [6.07, 6.45) is 6.43. The molecule has 0 aliphatic carbocycles. The molecule has 0 amide bonds. The number of fused-ring (bicyclic) bond motifs is 2. The number of hydrogen-bond donors (Lipinski definition) is 2. The van der Waals surface area contributed by atoms with Crippen LogP contribution in [-0.4, -0.2) is 64.2 Å². The Labute approximate surface area is 134 Å². The van der Waals surface area contributed by atoms with E-state index in [1.165, 1.54) is 12.8 Å². The lowest BCUT2D eigenvalue weighted by atomic mass is 9.96. The molecule has 2 aliphatic heterocycles. The molecule has 2 rings (SSSR count). The summed E-state index contributed by atoms with van der Waals surface area (Å²) in [5.41, 5.74) is 0. The minimum absolute atomic E-state index is 0.378. The van der Waals surface area contributed by atoms with Crippen LogP contribution in [0.15, 0.2) is 4.99 Å². The minimum Gasteiger partial charge on any atom is -0.382 e. The second kappa shape index (κ2) is 10.0. The van der Waals surface area contributed by atoms with Crippen molar-refractivity contribution in [1.29, 1.82) is 0 Å². The van der Waals surface area contributed by atoms with E-state index in [1.54, 1.807) is 7.11 Å². The lowest BCUT2D eigenvalue weighted by molar-refractivity contribution is 0.0690. The van der Waals surface area contributed by atoms with E-state index in [-0.39, 0.29) is 0 Å². The maximum atomic E-state index is 5.88. The van der Waals surface area contributed by atoms with E-state index in [0.717, 1.165) is 44.9 Å². The van der Waals surface area contributed by atoms with E-state index in [4.69, 9.17) is 14.2 Å². The van der Waals surface area contributed by atoms with Gasteiger partial charge in [-0.05, 0) is 39.0 Å². The molecule has 2 aliphatic rings. The third kappa shape index (κ3) is 5.74. The molecule has 2 saturated heterocycles. The molecule has 0 saturated carbocycles. The fraction of sp³-hybridized carbons (Fsp3) is 0.938. The number of guanidine groups is 1. The van der Waals surface area contributed by atoms with E-state index in [0.29, 0.717) is 31.5 Å². The third-order valence-corrected chi connectivity index (χ3v) is 4.17. The first kappa shape index (κ1) is 17.5. The number of ether oxygens (including phenoxy) is 3. The SMILES string of the molecule is CCNC(=NCCCCOCCOC)NC1CC2CCC1O2. The molecule has 3 atom stereocenters. The molecule has 0 spiro atoms. The van der Waals surface area contributed by atoms with E-state index >= 15 is 0 Å². The van der Waals surface area contributed by atoms with Crippen molar-refractivity contribution < 1.29 is 14.2 Å². The molecule has 2 heterocycles. The normalized spacial score (nSPS) is 27.4. The van der Waals surface area contributed by atoms with Crippen LogP contribution < -0.4 is 10.6 Å². The summed E-state index contributed by atoms with van der Waals surface area (Å²) in [7, 11) is 1.69. The Morgan fingerprint density at radius 3 is 2.82 bits per heavy atom. The fourth-order valence-corrected chi connectivity index (χ4v) is 3.04. The van der Waals surface area contributed by atoms with Gasteiger partial charge in [0.15, 0.2) is 5.96 Å². The number of nitrogens with zero attached hydrogens (tertiary/aromatic N) is 1. The lowest BCUT2D eigenvalue weighted by Crippen LogP contribution is -2.47.